The topological polar surface area (TPSA) is 12.4 Å². The van der Waals surface area contributed by atoms with Crippen molar-refractivity contribution in [1.82, 2.24) is 0 Å². The molecule has 0 unspecified atom stereocenters. The molecule has 0 aromatic rings. The molecule has 1 aliphatic rings. The van der Waals surface area contributed by atoms with E-state index >= 15 is 0 Å². The Morgan fingerprint density at radius 3 is 2.77 bits per heavy atom. The van der Waals surface area contributed by atoms with Crippen molar-refractivity contribution in [2.75, 3.05) is 0 Å². The van der Waals surface area contributed by atoms with Gasteiger partial charge in [0.15, 0.2) is 0 Å². The minimum absolute atomic E-state index is 0.147. The Labute approximate surface area is 137 Å². The Balaban J connectivity index is 3.17. The van der Waals surface area contributed by atoms with Gasteiger partial charge in [0.1, 0.15) is 5.83 Å². The molecule has 0 bridgehead atoms. The first kappa shape index (κ1) is 18.2. The van der Waals surface area contributed by atoms with Gasteiger partial charge in [0.2, 0.25) is 0 Å². The van der Waals surface area contributed by atoms with Crippen LogP contribution in [0.5, 0.6) is 0 Å². The van der Waals surface area contributed by atoms with E-state index in [1.54, 1.807) is 12.3 Å². The lowest BCUT2D eigenvalue weighted by atomic mass is 10.0. The number of aliphatic imine (C=N–C) groups is 1. The zero-order chi connectivity index (χ0) is 16.7. The quantitative estimate of drug-likeness (QED) is 0.434. The van der Waals surface area contributed by atoms with Crippen LogP contribution < -0.4 is 0 Å². The van der Waals surface area contributed by atoms with Crippen molar-refractivity contribution >= 4 is 17.3 Å². The fraction of sp³-hybridized carbons (Fsp3) is 0.316. The van der Waals surface area contributed by atoms with E-state index in [2.05, 4.69) is 17.5 Å². The third-order valence-corrected chi connectivity index (χ3v) is 3.86. The molecule has 0 amide bonds. The van der Waals surface area contributed by atoms with Crippen LogP contribution in [0.25, 0.3) is 0 Å². The van der Waals surface area contributed by atoms with Crippen LogP contribution >= 0.6 is 11.6 Å². The van der Waals surface area contributed by atoms with Crippen molar-refractivity contribution in [3.8, 4) is 12.3 Å². The first-order valence-corrected chi connectivity index (χ1v) is 7.51. The highest BCUT2D eigenvalue weighted by Crippen LogP contribution is 2.34. The third-order valence-electron chi connectivity index (χ3n) is 3.46. The molecule has 1 rings (SSSR count). The van der Waals surface area contributed by atoms with Crippen molar-refractivity contribution in [1.29, 1.82) is 0 Å². The first-order chi connectivity index (χ1) is 10.4. The molecule has 0 atom stereocenters. The lowest BCUT2D eigenvalue weighted by Gasteiger charge is -2.08. The molecular weight excluding hydrogens is 297 g/mol. The van der Waals surface area contributed by atoms with Crippen LogP contribution in [-0.2, 0) is 0 Å². The van der Waals surface area contributed by atoms with E-state index in [9.17, 15) is 4.39 Å². The predicted molar refractivity (Wildman–Crippen MR) is 94.5 cm³/mol. The summed E-state index contributed by atoms with van der Waals surface area (Å²) in [5, 5.41) is 0.147. The maximum atomic E-state index is 14.5. The Bertz CT molecular complexity index is 651. The molecule has 0 N–H and O–H groups in total. The molecule has 0 spiro atoms. The Morgan fingerprint density at radius 1 is 1.50 bits per heavy atom. The van der Waals surface area contributed by atoms with Gasteiger partial charge >= 0.3 is 0 Å². The van der Waals surface area contributed by atoms with Crippen LogP contribution in [0.1, 0.15) is 40.0 Å². The standard InChI is InChI=1S/C19H21ClFN/c1-6-7-9-16-10-8-11-17(18(20)19(16)21)14(4)12-22-15(5)13(2)3/h1,8,10,12H,2,7,9,11H2,3-5H3/b14-12+,22-15?. The van der Waals surface area contributed by atoms with Gasteiger partial charge < -0.3 is 0 Å². The average Bonchev–Trinajstić information content (AvgIpc) is 2.62. The maximum absolute atomic E-state index is 14.5. The molecule has 0 aliphatic heterocycles. The summed E-state index contributed by atoms with van der Waals surface area (Å²) in [6.07, 6.45) is 12.1. The monoisotopic (exact) mass is 317 g/mol. The van der Waals surface area contributed by atoms with Gasteiger partial charge in [0.05, 0.1) is 5.03 Å². The van der Waals surface area contributed by atoms with E-state index in [0.29, 0.717) is 24.8 Å². The molecule has 0 fully saturated rings. The summed E-state index contributed by atoms with van der Waals surface area (Å²) in [5.74, 6) is 2.12. The second-order valence-electron chi connectivity index (χ2n) is 5.25. The zero-order valence-corrected chi connectivity index (χ0v) is 14.1. The fourth-order valence-electron chi connectivity index (χ4n) is 1.87. The second kappa shape index (κ2) is 8.56. The number of terminal acetylenes is 1. The lowest BCUT2D eigenvalue weighted by Crippen LogP contribution is -1.93. The van der Waals surface area contributed by atoms with Gasteiger partial charge in [0, 0.05) is 18.3 Å². The van der Waals surface area contributed by atoms with Gasteiger partial charge in [0.25, 0.3) is 0 Å². The van der Waals surface area contributed by atoms with Crippen LogP contribution in [-0.4, -0.2) is 5.71 Å². The molecule has 116 valence electrons. The van der Waals surface area contributed by atoms with Gasteiger partial charge in [-0.3, -0.25) is 4.99 Å². The normalized spacial score (nSPS) is 16.7. The van der Waals surface area contributed by atoms with E-state index in [-0.39, 0.29) is 5.03 Å². The molecule has 0 radical (unpaired) electrons. The van der Waals surface area contributed by atoms with Crippen molar-refractivity contribution < 1.29 is 4.39 Å². The van der Waals surface area contributed by atoms with Crippen LogP contribution in [0.4, 0.5) is 4.39 Å². The Hall–Kier alpha value is -1.85. The molecule has 0 aromatic carbocycles. The zero-order valence-electron chi connectivity index (χ0n) is 13.3. The maximum Gasteiger partial charge on any atom is 0.145 e. The lowest BCUT2D eigenvalue weighted by molar-refractivity contribution is 0.645. The highest BCUT2D eigenvalue weighted by molar-refractivity contribution is 6.32. The number of halogens is 2. The summed E-state index contributed by atoms with van der Waals surface area (Å²) >= 11 is 6.23. The molecule has 0 heterocycles. The van der Waals surface area contributed by atoms with Gasteiger partial charge in [-0.1, -0.05) is 30.3 Å². The minimum atomic E-state index is -0.394. The van der Waals surface area contributed by atoms with Crippen LogP contribution in [0.3, 0.4) is 0 Å². The van der Waals surface area contributed by atoms with E-state index in [0.717, 1.165) is 22.4 Å². The van der Waals surface area contributed by atoms with E-state index in [1.165, 1.54) is 0 Å². The van der Waals surface area contributed by atoms with Gasteiger partial charge in [-0.15, -0.1) is 12.3 Å². The van der Waals surface area contributed by atoms with Crippen molar-refractivity contribution in [3.05, 3.63) is 58.1 Å². The van der Waals surface area contributed by atoms with Crippen LogP contribution in [0, 0.1) is 12.3 Å². The smallest absolute Gasteiger partial charge is 0.145 e. The van der Waals surface area contributed by atoms with Crippen LogP contribution in [0.2, 0.25) is 0 Å². The molecule has 1 nitrogen and oxygen atoms in total. The molecule has 22 heavy (non-hydrogen) atoms. The van der Waals surface area contributed by atoms with Gasteiger partial charge in [-0.05, 0) is 55.9 Å². The average molecular weight is 318 g/mol. The third kappa shape index (κ3) is 4.86. The highest BCUT2D eigenvalue weighted by atomic mass is 35.5. The van der Waals surface area contributed by atoms with Crippen LogP contribution in [0.15, 0.2) is 63.1 Å². The van der Waals surface area contributed by atoms with E-state index < -0.39 is 5.83 Å². The molecule has 0 aromatic heterocycles. The Morgan fingerprint density at radius 2 is 2.18 bits per heavy atom. The summed E-state index contributed by atoms with van der Waals surface area (Å²) in [4.78, 5) is 4.33. The fourth-order valence-corrected chi connectivity index (χ4v) is 2.22. The summed E-state index contributed by atoms with van der Waals surface area (Å²) < 4.78 is 14.5. The second-order valence-corrected chi connectivity index (χ2v) is 5.63. The largest absolute Gasteiger partial charge is 0.261 e. The summed E-state index contributed by atoms with van der Waals surface area (Å²) in [7, 11) is 0. The SMILES string of the molecule is C#CCCC1=C(F)C(Cl)=C(/C(C)=C/N=C(C)C(=C)C)CC=C1. The minimum Gasteiger partial charge on any atom is -0.261 e. The van der Waals surface area contributed by atoms with E-state index in [4.69, 9.17) is 18.0 Å². The van der Waals surface area contributed by atoms with Gasteiger partial charge in [-0.2, -0.15) is 0 Å². The molecule has 1 aliphatic carbocycles. The Kier molecular flexibility index (Phi) is 7.08. The van der Waals surface area contributed by atoms with Crippen molar-refractivity contribution in [2.24, 2.45) is 4.99 Å². The predicted octanol–water partition coefficient (Wildman–Crippen LogP) is 6.02. The number of hydrogen-bond donors (Lipinski definition) is 0. The first-order valence-electron chi connectivity index (χ1n) is 7.13. The van der Waals surface area contributed by atoms with Gasteiger partial charge in [-0.25, -0.2) is 4.39 Å². The highest BCUT2D eigenvalue weighted by Gasteiger charge is 2.16. The molecular formula is C19H21ClFN. The summed E-state index contributed by atoms with van der Waals surface area (Å²) in [6.45, 7) is 9.48. The molecule has 0 saturated carbocycles. The van der Waals surface area contributed by atoms with Crippen molar-refractivity contribution in [3.63, 3.8) is 0 Å². The number of allylic oxidation sites excluding steroid dienone is 8. The molecule has 0 saturated heterocycles. The molecule has 3 heteroatoms. The summed E-state index contributed by atoms with van der Waals surface area (Å²) in [5.41, 5.74) is 3.86. The summed E-state index contributed by atoms with van der Waals surface area (Å²) in [6, 6.07) is 0. The van der Waals surface area contributed by atoms with Crippen molar-refractivity contribution in [2.45, 2.75) is 40.0 Å². The van der Waals surface area contributed by atoms with E-state index in [1.807, 2.05) is 26.8 Å². The number of nitrogens with zero attached hydrogens (tertiary/aromatic N) is 1. The number of hydrogen-bond acceptors (Lipinski definition) is 1. The number of rotatable bonds is 5.